The number of aryl methyl sites for hydroxylation is 1. The predicted octanol–water partition coefficient (Wildman–Crippen LogP) is 1.27. The molecule has 2 heterocycles. The first-order chi connectivity index (χ1) is 6.66. The lowest BCUT2D eigenvalue weighted by Gasteiger charge is -2.18. The number of hydrogen-bond acceptors (Lipinski definition) is 3. The van der Waals surface area contributed by atoms with Gasteiger partial charge in [-0.1, -0.05) is 0 Å². The minimum atomic E-state index is 1.01. The summed E-state index contributed by atoms with van der Waals surface area (Å²) in [6, 6.07) is 2.18. The van der Waals surface area contributed by atoms with Crippen LogP contribution in [0.25, 0.3) is 0 Å². The molecule has 14 heavy (non-hydrogen) atoms. The molecule has 0 aromatic carbocycles. The Morgan fingerprint density at radius 3 is 2.86 bits per heavy atom. The van der Waals surface area contributed by atoms with Gasteiger partial charge in [-0.05, 0) is 20.0 Å². The molecule has 0 atom stereocenters. The van der Waals surface area contributed by atoms with Crippen LogP contribution in [-0.2, 0) is 6.54 Å². The maximum atomic E-state index is 4.35. The highest BCUT2D eigenvalue weighted by Gasteiger charge is 2.15. The van der Waals surface area contributed by atoms with E-state index in [9.17, 15) is 0 Å². The number of rotatable bonds is 0. The van der Waals surface area contributed by atoms with Crippen LogP contribution in [-0.4, -0.2) is 37.1 Å². The van der Waals surface area contributed by atoms with Crippen LogP contribution in [0, 0.1) is 6.92 Å². The highest BCUT2D eigenvalue weighted by atomic mass is 15.2. The average molecular weight is 191 g/mol. The molecular formula is C11H17N3. The minimum Gasteiger partial charge on any atom is -0.373 e. The Labute approximate surface area is 85.4 Å². The van der Waals surface area contributed by atoms with E-state index in [0.29, 0.717) is 0 Å². The van der Waals surface area contributed by atoms with Crippen LogP contribution in [0.4, 0.5) is 5.69 Å². The van der Waals surface area contributed by atoms with E-state index in [-0.39, 0.29) is 0 Å². The maximum absolute atomic E-state index is 4.35. The fraction of sp³-hybridized carbons (Fsp3) is 0.545. The van der Waals surface area contributed by atoms with E-state index in [2.05, 4.69) is 34.9 Å². The van der Waals surface area contributed by atoms with E-state index in [4.69, 9.17) is 0 Å². The molecule has 76 valence electrons. The Kier molecular flexibility index (Phi) is 2.42. The molecule has 0 saturated carbocycles. The Balaban J connectivity index is 2.42. The molecule has 3 nitrogen and oxygen atoms in total. The minimum absolute atomic E-state index is 1.01. The monoisotopic (exact) mass is 191 g/mol. The van der Waals surface area contributed by atoms with Crippen LogP contribution in [0.5, 0.6) is 0 Å². The number of pyridine rings is 1. The van der Waals surface area contributed by atoms with Gasteiger partial charge in [0.2, 0.25) is 0 Å². The van der Waals surface area contributed by atoms with Crippen LogP contribution in [0.1, 0.15) is 11.3 Å². The predicted molar refractivity (Wildman–Crippen MR) is 58.6 cm³/mol. The lowest BCUT2D eigenvalue weighted by atomic mass is 10.2. The molecule has 0 fully saturated rings. The van der Waals surface area contributed by atoms with Gasteiger partial charge >= 0.3 is 0 Å². The van der Waals surface area contributed by atoms with Crippen molar-refractivity contribution < 1.29 is 0 Å². The summed E-state index contributed by atoms with van der Waals surface area (Å²) in [5.41, 5.74) is 3.76. The zero-order valence-corrected chi connectivity index (χ0v) is 9.12. The molecule has 0 N–H and O–H groups in total. The summed E-state index contributed by atoms with van der Waals surface area (Å²) in [6.07, 6.45) is 2.00. The zero-order valence-electron chi connectivity index (χ0n) is 9.12. The standard InChI is InChI=1S/C11H17N3/c1-9-6-11-10(7-12-9)8-13(2)4-5-14(11)3/h6-7H,4-5,8H2,1-3H3. The van der Waals surface area contributed by atoms with Gasteiger partial charge in [0.1, 0.15) is 0 Å². The number of nitrogens with zero attached hydrogens (tertiary/aromatic N) is 3. The van der Waals surface area contributed by atoms with Crippen molar-refractivity contribution in [1.29, 1.82) is 0 Å². The molecule has 0 saturated heterocycles. The second-order valence-corrected chi connectivity index (χ2v) is 4.11. The molecule has 1 aliphatic heterocycles. The summed E-state index contributed by atoms with van der Waals surface area (Å²) in [7, 11) is 4.31. The summed E-state index contributed by atoms with van der Waals surface area (Å²) < 4.78 is 0. The van der Waals surface area contributed by atoms with Crippen molar-refractivity contribution in [3.63, 3.8) is 0 Å². The summed E-state index contributed by atoms with van der Waals surface area (Å²) in [5, 5.41) is 0. The van der Waals surface area contributed by atoms with Crippen molar-refractivity contribution in [2.45, 2.75) is 13.5 Å². The number of aromatic nitrogens is 1. The Morgan fingerprint density at radius 1 is 1.29 bits per heavy atom. The summed E-state index contributed by atoms with van der Waals surface area (Å²) in [5.74, 6) is 0. The Hall–Kier alpha value is -1.09. The van der Waals surface area contributed by atoms with Crippen molar-refractivity contribution >= 4 is 5.69 Å². The van der Waals surface area contributed by atoms with Gasteiger partial charge in [-0.15, -0.1) is 0 Å². The second-order valence-electron chi connectivity index (χ2n) is 4.11. The molecule has 1 aliphatic rings. The normalized spacial score (nSPS) is 17.8. The first-order valence-electron chi connectivity index (χ1n) is 5.02. The van der Waals surface area contributed by atoms with Gasteiger partial charge in [0.05, 0.1) is 0 Å². The van der Waals surface area contributed by atoms with E-state index in [1.165, 1.54) is 11.3 Å². The van der Waals surface area contributed by atoms with Crippen LogP contribution < -0.4 is 4.90 Å². The molecule has 1 aromatic rings. The molecule has 0 unspecified atom stereocenters. The van der Waals surface area contributed by atoms with Crippen LogP contribution in [0.15, 0.2) is 12.3 Å². The molecule has 2 rings (SSSR count). The molecular weight excluding hydrogens is 174 g/mol. The lowest BCUT2D eigenvalue weighted by molar-refractivity contribution is 0.342. The maximum Gasteiger partial charge on any atom is 0.0443 e. The Morgan fingerprint density at radius 2 is 2.07 bits per heavy atom. The topological polar surface area (TPSA) is 19.4 Å². The van der Waals surface area contributed by atoms with Crippen LogP contribution in [0.2, 0.25) is 0 Å². The molecule has 0 bridgehead atoms. The third-order valence-electron chi connectivity index (χ3n) is 2.77. The highest BCUT2D eigenvalue weighted by Crippen LogP contribution is 2.23. The summed E-state index contributed by atoms with van der Waals surface area (Å²) >= 11 is 0. The fourth-order valence-corrected chi connectivity index (χ4v) is 1.86. The van der Waals surface area contributed by atoms with E-state index in [0.717, 1.165) is 25.3 Å². The van der Waals surface area contributed by atoms with E-state index in [1.807, 2.05) is 13.1 Å². The molecule has 0 amide bonds. The third kappa shape index (κ3) is 1.73. The first-order valence-corrected chi connectivity index (χ1v) is 5.02. The number of fused-ring (bicyclic) bond motifs is 1. The fourth-order valence-electron chi connectivity index (χ4n) is 1.86. The van der Waals surface area contributed by atoms with Gasteiger partial charge in [-0.3, -0.25) is 4.98 Å². The number of hydrogen-bond donors (Lipinski definition) is 0. The van der Waals surface area contributed by atoms with E-state index in [1.54, 1.807) is 0 Å². The van der Waals surface area contributed by atoms with Gasteiger partial charge in [0, 0.05) is 49.8 Å². The van der Waals surface area contributed by atoms with E-state index >= 15 is 0 Å². The highest BCUT2D eigenvalue weighted by molar-refractivity contribution is 5.53. The largest absolute Gasteiger partial charge is 0.373 e. The van der Waals surface area contributed by atoms with Crippen molar-refractivity contribution in [1.82, 2.24) is 9.88 Å². The van der Waals surface area contributed by atoms with Crippen LogP contribution >= 0.6 is 0 Å². The Bertz CT molecular complexity index is 335. The van der Waals surface area contributed by atoms with Crippen molar-refractivity contribution in [2.24, 2.45) is 0 Å². The van der Waals surface area contributed by atoms with Gasteiger partial charge in [0.25, 0.3) is 0 Å². The van der Waals surface area contributed by atoms with Gasteiger partial charge < -0.3 is 9.80 Å². The van der Waals surface area contributed by atoms with Crippen molar-refractivity contribution in [2.75, 3.05) is 32.1 Å². The third-order valence-corrected chi connectivity index (χ3v) is 2.77. The zero-order chi connectivity index (χ0) is 10.1. The SMILES string of the molecule is Cc1cc2c(cn1)CN(C)CCN2C. The van der Waals surface area contributed by atoms with Gasteiger partial charge in [0.15, 0.2) is 0 Å². The van der Waals surface area contributed by atoms with Crippen LogP contribution in [0.3, 0.4) is 0 Å². The number of anilines is 1. The molecule has 0 spiro atoms. The first kappa shape index (κ1) is 9.46. The molecule has 3 heteroatoms. The second kappa shape index (κ2) is 3.58. The van der Waals surface area contributed by atoms with Gasteiger partial charge in [-0.2, -0.15) is 0 Å². The van der Waals surface area contributed by atoms with Crippen molar-refractivity contribution in [3.8, 4) is 0 Å². The smallest absolute Gasteiger partial charge is 0.0443 e. The lowest BCUT2D eigenvalue weighted by Crippen LogP contribution is -2.26. The average Bonchev–Trinajstić information content (AvgIpc) is 2.29. The summed E-state index contributed by atoms with van der Waals surface area (Å²) in [6.45, 7) is 5.26. The molecule has 1 aromatic heterocycles. The number of likely N-dealkylation sites (N-methyl/N-ethyl adjacent to an activating group) is 2. The van der Waals surface area contributed by atoms with Gasteiger partial charge in [-0.25, -0.2) is 0 Å². The molecule has 0 radical (unpaired) electrons. The quantitative estimate of drug-likeness (QED) is 0.615. The molecule has 0 aliphatic carbocycles. The van der Waals surface area contributed by atoms with E-state index < -0.39 is 0 Å². The summed E-state index contributed by atoms with van der Waals surface area (Å²) in [4.78, 5) is 9.00. The van der Waals surface area contributed by atoms with Crippen molar-refractivity contribution in [3.05, 3.63) is 23.5 Å².